The van der Waals surface area contributed by atoms with Gasteiger partial charge in [-0.1, -0.05) is 19.1 Å². The molecule has 0 fully saturated rings. The van der Waals surface area contributed by atoms with Crippen LogP contribution in [0.3, 0.4) is 0 Å². The lowest BCUT2D eigenvalue weighted by atomic mass is 10.0. The van der Waals surface area contributed by atoms with Gasteiger partial charge in [0.15, 0.2) is 11.3 Å². The standard InChI is InChI=1S/C13H14O3/c1-4-9-8(2)10-6-5-7-11(15-3)12(10)16-13(9)14/h5-7H,4H2,1-3H3. The second kappa shape index (κ2) is 4.00. The Bertz CT molecular complexity index is 581. The number of hydrogen-bond acceptors (Lipinski definition) is 3. The van der Waals surface area contributed by atoms with E-state index in [-0.39, 0.29) is 5.63 Å². The molecule has 0 aliphatic carbocycles. The van der Waals surface area contributed by atoms with E-state index in [1.807, 2.05) is 26.0 Å². The topological polar surface area (TPSA) is 39.4 Å². The number of methoxy groups -OCH3 is 1. The van der Waals surface area contributed by atoms with Gasteiger partial charge in [-0.25, -0.2) is 4.79 Å². The Morgan fingerprint density at radius 3 is 2.75 bits per heavy atom. The number of aryl methyl sites for hydroxylation is 1. The van der Waals surface area contributed by atoms with Crippen molar-refractivity contribution in [2.75, 3.05) is 7.11 Å². The van der Waals surface area contributed by atoms with Crippen molar-refractivity contribution in [2.24, 2.45) is 0 Å². The Hall–Kier alpha value is -1.77. The van der Waals surface area contributed by atoms with Crippen LogP contribution in [0.2, 0.25) is 0 Å². The number of benzene rings is 1. The van der Waals surface area contributed by atoms with Crippen molar-refractivity contribution >= 4 is 11.0 Å². The number of hydrogen-bond donors (Lipinski definition) is 0. The van der Waals surface area contributed by atoms with Crippen molar-refractivity contribution in [1.29, 1.82) is 0 Å². The smallest absolute Gasteiger partial charge is 0.339 e. The molecule has 2 aromatic rings. The molecule has 1 aromatic heterocycles. The van der Waals surface area contributed by atoms with Crippen LogP contribution in [-0.2, 0) is 6.42 Å². The Morgan fingerprint density at radius 1 is 1.38 bits per heavy atom. The van der Waals surface area contributed by atoms with Crippen molar-refractivity contribution in [3.63, 3.8) is 0 Å². The maximum atomic E-state index is 11.7. The maximum absolute atomic E-state index is 11.7. The Labute approximate surface area is 93.7 Å². The molecular formula is C13H14O3. The molecule has 1 aromatic carbocycles. The molecule has 16 heavy (non-hydrogen) atoms. The first-order valence-electron chi connectivity index (χ1n) is 5.28. The largest absolute Gasteiger partial charge is 0.493 e. The number of rotatable bonds is 2. The fourth-order valence-corrected chi connectivity index (χ4v) is 1.96. The maximum Gasteiger partial charge on any atom is 0.339 e. The first kappa shape index (κ1) is 10.7. The van der Waals surface area contributed by atoms with Gasteiger partial charge in [0.25, 0.3) is 0 Å². The number of ether oxygens (including phenoxy) is 1. The van der Waals surface area contributed by atoms with E-state index in [4.69, 9.17) is 9.15 Å². The Kier molecular flexibility index (Phi) is 2.69. The number of para-hydroxylation sites is 1. The van der Waals surface area contributed by atoms with E-state index in [2.05, 4.69) is 0 Å². The van der Waals surface area contributed by atoms with Crippen LogP contribution in [0, 0.1) is 6.92 Å². The number of fused-ring (bicyclic) bond motifs is 1. The molecule has 0 radical (unpaired) electrons. The van der Waals surface area contributed by atoms with Crippen LogP contribution in [0.1, 0.15) is 18.1 Å². The van der Waals surface area contributed by atoms with Gasteiger partial charge >= 0.3 is 5.63 Å². The average Bonchev–Trinajstić information content (AvgIpc) is 2.29. The monoisotopic (exact) mass is 218 g/mol. The fraction of sp³-hybridized carbons (Fsp3) is 0.308. The highest BCUT2D eigenvalue weighted by Gasteiger charge is 2.12. The Balaban J connectivity index is 2.92. The molecule has 2 rings (SSSR count). The Morgan fingerprint density at radius 2 is 2.12 bits per heavy atom. The fourth-order valence-electron chi connectivity index (χ4n) is 1.96. The lowest BCUT2D eigenvalue weighted by Crippen LogP contribution is -2.09. The summed E-state index contributed by atoms with van der Waals surface area (Å²) in [4.78, 5) is 11.7. The summed E-state index contributed by atoms with van der Waals surface area (Å²) < 4.78 is 10.5. The molecule has 0 atom stereocenters. The van der Waals surface area contributed by atoms with Crippen molar-refractivity contribution < 1.29 is 9.15 Å². The molecule has 3 nitrogen and oxygen atoms in total. The predicted octanol–water partition coefficient (Wildman–Crippen LogP) is 2.67. The molecule has 84 valence electrons. The highest BCUT2D eigenvalue weighted by molar-refractivity contribution is 5.86. The molecule has 0 aliphatic rings. The van der Waals surface area contributed by atoms with Crippen molar-refractivity contribution in [2.45, 2.75) is 20.3 Å². The van der Waals surface area contributed by atoms with Crippen molar-refractivity contribution in [3.8, 4) is 5.75 Å². The molecule has 3 heteroatoms. The van der Waals surface area contributed by atoms with Crippen LogP contribution < -0.4 is 10.4 Å². The molecule has 0 spiro atoms. The summed E-state index contributed by atoms with van der Waals surface area (Å²) in [6.07, 6.45) is 0.682. The first-order valence-corrected chi connectivity index (χ1v) is 5.28. The van der Waals surface area contributed by atoms with Gasteiger partial charge in [-0.15, -0.1) is 0 Å². The summed E-state index contributed by atoms with van der Waals surface area (Å²) in [5.41, 5.74) is 1.98. The van der Waals surface area contributed by atoms with Gasteiger partial charge in [0, 0.05) is 10.9 Å². The van der Waals surface area contributed by atoms with Crippen LogP contribution in [0.5, 0.6) is 5.75 Å². The highest BCUT2D eigenvalue weighted by Crippen LogP contribution is 2.27. The second-order valence-corrected chi connectivity index (χ2v) is 3.68. The minimum Gasteiger partial charge on any atom is -0.493 e. The quantitative estimate of drug-likeness (QED) is 0.727. The SMILES string of the molecule is CCc1c(C)c2cccc(OC)c2oc1=O. The normalized spacial score (nSPS) is 10.7. The predicted molar refractivity (Wildman–Crippen MR) is 63.2 cm³/mol. The van der Waals surface area contributed by atoms with E-state index in [9.17, 15) is 4.79 Å². The third-order valence-corrected chi connectivity index (χ3v) is 2.85. The van der Waals surface area contributed by atoms with Gasteiger partial charge in [-0.3, -0.25) is 0 Å². The van der Waals surface area contributed by atoms with E-state index >= 15 is 0 Å². The van der Waals surface area contributed by atoms with Gasteiger partial charge in [0.2, 0.25) is 0 Å². The average molecular weight is 218 g/mol. The minimum atomic E-state index is -0.267. The summed E-state index contributed by atoms with van der Waals surface area (Å²) >= 11 is 0. The van der Waals surface area contributed by atoms with Gasteiger partial charge in [0.1, 0.15) is 0 Å². The van der Waals surface area contributed by atoms with E-state index in [0.29, 0.717) is 17.8 Å². The third kappa shape index (κ3) is 1.48. The van der Waals surface area contributed by atoms with Crippen LogP contribution in [-0.4, -0.2) is 7.11 Å². The van der Waals surface area contributed by atoms with Crippen molar-refractivity contribution in [3.05, 3.63) is 39.7 Å². The van der Waals surface area contributed by atoms with Crippen LogP contribution in [0.15, 0.2) is 27.4 Å². The van der Waals surface area contributed by atoms with Gasteiger partial charge in [-0.05, 0) is 25.0 Å². The highest BCUT2D eigenvalue weighted by atomic mass is 16.5. The lowest BCUT2D eigenvalue weighted by molar-refractivity contribution is 0.406. The molecule has 0 aliphatic heterocycles. The van der Waals surface area contributed by atoms with E-state index in [1.165, 1.54) is 0 Å². The summed E-state index contributed by atoms with van der Waals surface area (Å²) in [6, 6.07) is 5.62. The summed E-state index contributed by atoms with van der Waals surface area (Å²) in [5, 5.41) is 0.941. The van der Waals surface area contributed by atoms with E-state index < -0.39 is 0 Å². The zero-order chi connectivity index (χ0) is 11.7. The second-order valence-electron chi connectivity index (χ2n) is 3.68. The van der Waals surface area contributed by atoms with Gasteiger partial charge < -0.3 is 9.15 Å². The van der Waals surface area contributed by atoms with Gasteiger partial charge in [0.05, 0.1) is 7.11 Å². The van der Waals surface area contributed by atoms with E-state index in [1.54, 1.807) is 13.2 Å². The molecule has 1 heterocycles. The molecule has 0 N–H and O–H groups in total. The third-order valence-electron chi connectivity index (χ3n) is 2.85. The molecule has 0 bridgehead atoms. The zero-order valence-corrected chi connectivity index (χ0v) is 9.66. The van der Waals surface area contributed by atoms with Crippen LogP contribution in [0.4, 0.5) is 0 Å². The molecular weight excluding hydrogens is 204 g/mol. The van der Waals surface area contributed by atoms with Gasteiger partial charge in [-0.2, -0.15) is 0 Å². The molecule has 0 unspecified atom stereocenters. The van der Waals surface area contributed by atoms with Crippen LogP contribution >= 0.6 is 0 Å². The zero-order valence-electron chi connectivity index (χ0n) is 9.66. The molecule has 0 saturated carbocycles. The minimum absolute atomic E-state index is 0.267. The summed E-state index contributed by atoms with van der Waals surface area (Å²) in [5.74, 6) is 0.598. The molecule has 0 saturated heterocycles. The first-order chi connectivity index (χ1) is 7.69. The lowest BCUT2D eigenvalue weighted by Gasteiger charge is -2.08. The summed E-state index contributed by atoms with van der Waals surface area (Å²) in [7, 11) is 1.57. The molecule has 0 amide bonds. The summed E-state index contributed by atoms with van der Waals surface area (Å²) in [6.45, 7) is 3.89. The van der Waals surface area contributed by atoms with Crippen molar-refractivity contribution in [1.82, 2.24) is 0 Å². The van der Waals surface area contributed by atoms with E-state index in [0.717, 1.165) is 16.5 Å². The van der Waals surface area contributed by atoms with Crippen LogP contribution in [0.25, 0.3) is 11.0 Å².